The molecule has 14 heavy (non-hydrogen) atoms. The van der Waals surface area contributed by atoms with Crippen molar-refractivity contribution in [2.24, 2.45) is 0 Å². The number of hydrogen-bond acceptors (Lipinski definition) is 5. The van der Waals surface area contributed by atoms with E-state index in [9.17, 15) is 4.79 Å². The van der Waals surface area contributed by atoms with Crippen molar-refractivity contribution in [1.29, 1.82) is 0 Å². The van der Waals surface area contributed by atoms with Crippen LogP contribution >= 0.6 is 0 Å². The SMILES string of the molecule is COC(=O)c1nc(B(O)O)ccc1C. The van der Waals surface area contributed by atoms with Gasteiger partial charge in [0.25, 0.3) is 0 Å². The van der Waals surface area contributed by atoms with Crippen LogP contribution in [0.5, 0.6) is 0 Å². The number of hydrogen-bond donors (Lipinski definition) is 2. The van der Waals surface area contributed by atoms with Crippen LogP contribution in [0.15, 0.2) is 12.1 Å². The first-order valence-corrected chi connectivity index (χ1v) is 3.98. The van der Waals surface area contributed by atoms with E-state index in [2.05, 4.69) is 9.72 Å². The summed E-state index contributed by atoms with van der Waals surface area (Å²) in [6.07, 6.45) is 0. The van der Waals surface area contributed by atoms with Crippen molar-refractivity contribution in [2.75, 3.05) is 7.11 Å². The summed E-state index contributed by atoms with van der Waals surface area (Å²) in [5.74, 6) is -0.593. The summed E-state index contributed by atoms with van der Waals surface area (Å²) in [7, 11) is -0.440. The van der Waals surface area contributed by atoms with E-state index in [1.807, 2.05) is 0 Å². The molecule has 0 saturated heterocycles. The van der Waals surface area contributed by atoms with Gasteiger partial charge in [-0.05, 0) is 18.6 Å². The Morgan fingerprint density at radius 3 is 2.64 bits per heavy atom. The van der Waals surface area contributed by atoms with Crippen LogP contribution in [-0.2, 0) is 4.74 Å². The van der Waals surface area contributed by atoms with Gasteiger partial charge < -0.3 is 14.8 Å². The van der Waals surface area contributed by atoms with Crippen LogP contribution in [0.3, 0.4) is 0 Å². The van der Waals surface area contributed by atoms with Crippen molar-refractivity contribution in [3.8, 4) is 0 Å². The second kappa shape index (κ2) is 4.21. The molecule has 0 aliphatic rings. The van der Waals surface area contributed by atoms with Crippen LogP contribution in [-0.4, -0.2) is 35.2 Å². The lowest BCUT2D eigenvalue weighted by Crippen LogP contribution is -2.34. The molecule has 0 aromatic carbocycles. The normalized spacial score (nSPS) is 9.71. The van der Waals surface area contributed by atoms with Gasteiger partial charge in [-0.2, -0.15) is 0 Å². The minimum Gasteiger partial charge on any atom is -0.464 e. The lowest BCUT2D eigenvalue weighted by Gasteiger charge is -2.05. The lowest BCUT2D eigenvalue weighted by molar-refractivity contribution is 0.0593. The highest BCUT2D eigenvalue weighted by molar-refractivity contribution is 6.57. The van der Waals surface area contributed by atoms with Gasteiger partial charge in [0.2, 0.25) is 0 Å². The molecule has 2 N–H and O–H groups in total. The number of aromatic nitrogens is 1. The third kappa shape index (κ3) is 2.10. The van der Waals surface area contributed by atoms with Crippen molar-refractivity contribution in [2.45, 2.75) is 6.92 Å². The number of ether oxygens (including phenoxy) is 1. The maximum atomic E-state index is 11.2. The molecule has 5 nitrogen and oxygen atoms in total. The minimum atomic E-state index is -1.68. The predicted molar refractivity (Wildman–Crippen MR) is 50.1 cm³/mol. The van der Waals surface area contributed by atoms with E-state index in [-0.39, 0.29) is 11.3 Å². The Bertz CT molecular complexity index is 353. The number of pyridine rings is 1. The highest BCUT2D eigenvalue weighted by atomic mass is 16.5. The van der Waals surface area contributed by atoms with Crippen LogP contribution in [0.25, 0.3) is 0 Å². The van der Waals surface area contributed by atoms with E-state index >= 15 is 0 Å². The molecule has 74 valence electrons. The van der Waals surface area contributed by atoms with Crippen molar-refractivity contribution >= 4 is 18.7 Å². The van der Waals surface area contributed by atoms with Gasteiger partial charge in [0, 0.05) is 0 Å². The van der Waals surface area contributed by atoms with Crippen molar-refractivity contribution in [3.05, 3.63) is 23.4 Å². The minimum absolute atomic E-state index is 0.0241. The molecule has 0 aliphatic carbocycles. The topological polar surface area (TPSA) is 79.7 Å². The van der Waals surface area contributed by atoms with Crippen molar-refractivity contribution < 1.29 is 19.6 Å². The molecule has 1 rings (SSSR count). The summed E-state index contributed by atoms with van der Waals surface area (Å²) in [5.41, 5.74) is 0.746. The zero-order chi connectivity index (χ0) is 10.7. The van der Waals surface area contributed by atoms with Gasteiger partial charge in [-0.25, -0.2) is 9.78 Å². The smallest absolute Gasteiger partial charge is 0.464 e. The highest BCUT2D eigenvalue weighted by Gasteiger charge is 2.17. The second-order valence-corrected chi connectivity index (χ2v) is 2.77. The molecule has 1 aromatic rings. The van der Waals surface area contributed by atoms with E-state index < -0.39 is 13.1 Å². The monoisotopic (exact) mass is 195 g/mol. The average Bonchev–Trinajstić information content (AvgIpc) is 2.17. The van der Waals surface area contributed by atoms with Crippen molar-refractivity contribution in [3.63, 3.8) is 0 Å². The van der Waals surface area contributed by atoms with Crippen LogP contribution in [0, 0.1) is 6.92 Å². The predicted octanol–water partition coefficient (Wildman–Crippen LogP) is -1.14. The molecule has 0 bridgehead atoms. The Hall–Kier alpha value is -1.40. The number of rotatable bonds is 2. The molecule has 0 aliphatic heterocycles. The highest BCUT2D eigenvalue weighted by Crippen LogP contribution is 2.03. The first-order valence-electron chi connectivity index (χ1n) is 3.98. The van der Waals surface area contributed by atoms with E-state index in [4.69, 9.17) is 10.0 Å². The second-order valence-electron chi connectivity index (χ2n) is 2.77. The largest absolute Gasteiger partial charge is 0.508 e. The van der Waals surface area contributed by atoms with Gasteiger partial charge in [0.05, 0.1) is 12.7 Å². The van der Waals surface area contributed by atoms with Crippen LogP contribution in [0.2, 0.25) is 0 Å². The van der Waals surface area contributed by atoms with Crippen LogP contribution in [0.4, 0.5) is 0 Å². The fraction of sp³-hybridized carbons (Fsp3) is 0.250. The molecular weight excluding hydrogens is 185 g/mol. The summed E-state index contributed by atoms with van der Waals surface area (Å²) in [6.45, 7) is 1.69. The third-order valence-electron chi connectivity index (χ3n) is 1.76. The average molecular weight is 195 g/mol. The maximum absolute atomic E-state index is 11.2. The molecule has 0 atom stereocenters. The Morgan fingerprint density at radius 2 is 2.14 bits per heavy atom. The standard InChI is InChI=1S/C8H10BNO4/c1-5-3-4-6(9(12)13)10-7(5)8(11)14-2/h3-4,12-13H,1-2H3. The van der Waals surface area contributed by atoms with Gasteiger partial charge in [0.1, 0.15) is 0 Å². The fourth-order valence-electron chi connectivity index (χ4n) is 0.991. The van der Waals surface area contributed by atoms with E-state index in [0.29, 0.717) is 5.56 Å². The fourth-order valence-corrected chi connectivity index (χ4v) is 0.991. The molecule has 0 amide bonds. The van der Waals surface area contributed by atoms with Gasteiger partial charge >= 0.3 is 13.1 Å². The zero-order valence-corrected chi connectivity index (χ0v) is 7.89. The Balaban J connectivity index is 3.15. The molecule has 0 saturated carbocycles. The number of aryl methyl sites for hydroxylation is 1. The number of methoxy groups -OCH3 is 1. The summed E-state index contributed by atoms with van der Waals surface area (Å²) in [4.78, 5) is 14.9. The van der Waals surface area contributed by atoms with Crippen LogP contribution < -0.4 is 5.59 Å². The Kier molecular flexibility index (Phi) is 3.21. The maximum Gasteiger partial charge on any atom is 0.508 e. The lowest BCUT2D eigenvalue weighted by atomic mass is 9.85. The number of esters is 1. The zero-order valence-electron chi connectivity index (χ0n) is 7.89. The molecule has 1 heterocycles. The Morgan fingerprint density at radius 1 is 1.50 bits per heavy atom. The van der Waals surface area contributed by atoms with Crippen LogP contribution in [0.1, 0.15) is 16.1 Å². The summed E-state index contributed by atoms with van der Waals surface area (Å²) >= 11 is 0. The van der Waals surface area contributed by atoms with Gasteiger partial charge in [-0.1, -0.05) is 6.07 Å². The number of carbonyl (C=O) groups is 1. The van der Waals surface area contributed by atoms with E-state index in [1.165, 1.54) is 13.2 Å². The molecule has 0 fully saturated rings. The molecular formula is C8H10BNO4. The molecule has 0 unspecified atom stereocenters. The first-order chi connectivity index (χ1) is 6.56. The number of carbonyl (C=O) groups excluding carboxylic acids is 1. The molecule has 0 radical (unpaired) electrons. The third-order valence-corrected chi connectivity index (χ3v) is 1.76. The van der Waals surface area contributed by atoms with Crippen molar-refractivity contribution in [1.82, 2.24) is 4.98 Å². The first kappa shape index (κ1) is 10.7. The molecule has 6 heteroatoms. The summed E-state index contributed by atoms with van der Waals surface area (Å²) in [5, 5.41) is 17.7. The Labute approximate surface area is 81.5 Å². The summed E-state index contributed by atoms with van der Waals surface area (Å²) < 4.78 is 4.49. The molecule has 1 aromatic heterocycles. The van der Waals surface area contributed by atoms with E-state index in [1.54, 1.807) is 13.0 Å². The summed E-state index contributed by atoms with van der Waals surface area (Å²) in [6, 6.07) is 3.01. The van der Waals surface area contributed by atoms with Gasteiger partial charge in [0.15, 0.2) is 5.69 Å². The van der Waals surface area contributed by atoms with E-state index in [0.717, 1.165) is 0 Å². The quantitative estimate of drug-likeness (QED) is 0.460. The van der Waals surface area contributed by atoms with Gasteiger partial charge in [-0.3, -0.25) is 0 Å². The molecule has 0 spiro atoms. The van der Waals surface area contributed by atoms with Gasteiger partial charge in [-0.15, -0.1) is 0 Å². The number of nitrogens with zero attached hydrogens (tertiary/aromatic N) is 1.